The SMILES string of the molecule is Cc1cc(/C=N\NC(=O)c2cccnc2)c(C)n1-c1ccc(S(N)(=O)=O)cc1. The van der Waals surface area contributed by atoms with Crippen LogP contribution in [-0.4, -0.2) is 30.1 Å². The van der Waals surface area contributed by atoms with Crippen molar-refractivity contribution in [3.63, 3.8) is 0 Å². The number of sulfonamides is 1. The third-order valence-electron chi connectivity index (χ3n) is 4.19. The van der Waals surface area contributed by atoms with Crippen LogP contribution in [0.3, 0.4) is 0 Å². The van der Waals surface area contributed by atoms with Gasteiger partial charge in [-0.25, -0.2) is 19.0 Å². The first-order chi connectivity index (χ1) is 13.3. The summed E-state index contributed by atoms with van der Waals surface area (Å²) < 4.78 is 24.8. The van der Waals surface area contributed by atoms with Crippen molar-refractivity contribution in [2.75, 3.05) is 0 Å². The Labute approximate surface area is 162 Å². The van der Waals surface area contributed by atoms with E-state index in [0.717, 1.165) is 22.6 Å². The number of nitrogens with one attached hydrogen (secondary N) is 1. The number of carbonyl (C=O) groups excluding carboxylic acids is 1. The van der Waals surface area contributed by atoms with Crippen molar-refractivity contribution in [1.82, 2.24) is 15.0 Å². The summed E-state index contributed by atoms with van der Waals surface area (Å²) in [6.45, 7) is 3.83. The molecule has 0 unspecified atom stereocenters. The molecule has 8 nitrogen and oxygen atoms in total. The maximum Gasteiger partial charge on any atom is 0.272 e. The Kier molecular flexibility index (Phi) is 5.39. The number of carbonyl (C=O) groups is 1. The lowest BCUT2D eigenvalue weighted by atomic mass is 10.2. The first-order valence-electron chi connectivity index (χ1n) is 8.33. The monoisotopic (exact) mass is 397 g/mol. The van der Waals surface area contributed by atoms with E-state index in [0.29, 0.717) is 5.56 Å². The van der Waals surface area contributed by atoms with Crippen LogP contribution in [0.5, 0.6) is 0 Å². The van der Waals surface area contributed by atoms with Gasteiger partial charge >= 0.3 is 0 Å². The van der Waals surface area contributed by atoms with Crippen LogP contribution in [0.2, 0.25) is 0 Å². The molecule has 0 radical (unpaired) electrons. The van der Waals surface area contributed by atoms with Crippen molar-refractivity contribution in [2.24, 2.45) is 10.2 Å². The first kappa shape index (κ1) is 19.5. The average molecular weight is 397 g/mol. The zero-order valence-electron chi connectivity index (χ0n) is 15.3. The molecule has 3 aromatic rings. The van der Waals surface area contributed by atoms with Gasteiger partial charge in [0.1, 0.15) is 0 Å². The number of pyridine rings is 1. The van der Waals surface area contributed by atoms with Crippen LogP contribution < -0.4 is 10.6 Å². The van der Waals surface area contributed by atoms with Gasteiger partial charge in [0.25, 0.3) is 5.91 Å². The molecule has 2 aromatic heterocycles. The quantitative estimate of drug-likeness (QED) is 0.505. The topological polar surface area (TPSA) is 119 Å². The molecule has 0 atom stereocenters. The van der Waals surface area contributed by atoms with Crippen molar-refractivity contribution in [3.8, 4) is 5.69 Å². The molecule has 0 aliphatic rings. The minimum Gasteiger partial charge on any atom is -0.318 e. The van der Waals surface area contributed by atoms with Gasteiger partial charge in [0.05, 0.1) is 16.7 Å². The molecule has 0 saturated heterocycles. The second-order valence-corrected chi connectivity index (χ2v) is 7.70. The van der Waals surface area contributed by atoms with Crippen LogP contribution in [0, 0.1) is 13.8 Å². The van der Waals surface area contributed by atoms with Crippen molar-refractivity contribution >= 4 is 22.1 Å². The normalized spacial score (nSPS) is 11.7. The van der Waals surface area contributed by atoms with Crippen LogP contribution in [-0.2, 0) is 10.0 Å². The molecular formula is C19H19N5O3S. The molecule has 2 heterocycles. The van der Waals surface area contributed by atoms with Gasteiger partial charge < -0.3 is 4.57 Å². The molecule has 0 spiro atoms. The number of benzene rings is 1. The maximum atomic E-state index is 12.0. The number of primary sulfonamides is 1. The van der Waals surface area contributed by atoms with Gasteiger partial charge in [-0.15, -0.1) is 0 Å². The number of rotatable bonds is 5. The van der Waals surface area contributed by atoms with E-state index in [1.807, 2.05) is 24.5 Å². The molecule has 28 heavy (non-hydrogen) atoms. The second-order valence-electron chi connectivity index (χ2n) is 6.14. The van der Waals surface area contributed by atoms with Crippen molar-refractivity contribution in [2.45, 2.75) is 18.7 Å². The smallest absolute Gasteiger partial charge is 0.272 e. The molecule has 3 rings (SSSR count). The van der Waals surface area contributed by atoms with Gasteiger partial charge in [-0.2, -0.15) is 5.10 Å². The molecule has 1 amide bonds. The van der Waals surface area contributed by atoms with E-state index in [1.165, 1.54) is 18.3 Å². The van der Waals surface area contributed by atoms with Crippen LogP contribution in [0.4, 0.5) is 0 Å². The Morgan fingerprint density at radius 1 is 1.21 bits per heavy atom. The standard InChI is InChI=1S/C19H19N5O3S/c1-13-10-16(12-22-23-19(25)15-4-3-9-21-11-15)14(2)24(13)17-5-7-18(8-6-17)28(20,26)27/h3-12H,1-2H3,(H,23,25)(H2,20,26,27)/b22-12-. The van der Waals surface area contributed by atoms with Gasteiger partial charge in [-0.3, -0.25) is 9.78 Å². The summed E-state index contributed by atoms with van der Waals surface area (Å²) in [5, 5.41) is 9.15. The highest BCUT2D eigenvalue weighted by molar-refractivity contribution is 7.89. The highest BCUT2D eigenvalue weighted by Gasteiger charge is 2.12. The van der Waals surface area contributed by atoms with E-state index >= 15 is 0 Å². The average Bonchev–Trinajstić information content (AvgIpc) is 2.95. The lowest BCUT2D eigenvalue weighted by molar-refractivity contribution is 0.0954. The third-order valence-corrected chi connectivity index (χ3v) is 5.12. The summed E-state index contributed by atoms with van der Waals surface area (Å²) in [4.78, 5) is 15.9. The second kappa shape index (κ2) is 7.75. The largest absolute Gasteiger partial charge is 0.318 e. The molecular weight excluding hydrogens is 378 g/mol. The van der Waals surface area contributed by atoms with Gasteiger partial charge in [0.15, 0.2) is 0 Å². The van der Waals surface area contributed by atoms with Crippen LogP contribution in [0.25, 0.3) is 5.69 Å². The number of nitrogens with zero attached hydrogens (tertiary/aromatic N) is 3. The minimum absolute atomic E-state index is 0.0543. The Morgan fingerprint density at radius 2 is 1.93 bits per heavy atom. The number of hydrazone groups is 1. The first-order valence-corrected chi connectivity index (χ1v) is 9.87. The molecule has 0 bridgehead atoms. The maximum absolute atomic E-state index is 12.0. The molecule has 0 aliphatic heterocycles. The Morgan fingerprint density at radius 3 is 2.54 bits per heavy atom. The number of aromatic nitrogens is 2. The van der Waals surface area contributed by atoms with Crippen molar-refractivity contribution < 1.29 is 13.2 Å². The predicted molar refractivity (Wildman–Crippen MR) is 106 cm³/mol. The number of aryl methyl sites for hydroxylation is 1. The zero-order valence-corrected chi connectivity index (χ0v) is 16.1. The highest BCUT2D eigenvalue weighted by atomic mass is 32.2. The number of amides is 1. The highest BCUT2D eigenvalue weighted by Crippen LogP contribution is 2.21. The summed E-state index contributed by atoms with van der Waals surface area (Å²) in [5.74, 6) is -0.350. The van der Waals surface area contributed by atoms with Crippen LogP contribution >= 0.6 is 0 Å². The lowest BCUT2D eigenvalue weighted by Gasteiger charge is -2.10. The molecule has 0 fully saturated rings. The van der Waals surface area contributed by atoms with E-state index in [4.69, 9.17) is 5.14 Å². The molecule has 9 heteroatoms. The molecule has 0 saturated carbocycles. The zero-order chi connectivity index (χ0) is 20.3. The number of nitrogens with two attached hydrogens (primary N) is 1. The summed E-state index contributed by atoms with van der Waals surface area (Å²) in [7, 11) is -3.73. The fourth-order valence-electron chi connectivity index (χ4n) is 2.82. The van der Waals surface area contributed by atoms with Gasteiger partial charge in [0.2, 0.25) is 10.0 Å². The van der Waals surface area contributed by atoms with Crippen molar-refractivity contribution in [3.05, 3.63) is 77.4 Å². The summed E-state index contributed by atoms with van der Waals surface area (Å²) in [5.41, 5.74) is 6.32. The van der Waals surface area contributed by atoms with Crippen LogP contribution in [0.1, 0.15) is 27.3 Å². The molecule has 1 aromatic carbocycles. The molecule has 0 aliphatic carbocycles. The van der Waals surface area contributed by atoms with E-state index in [2.05, 4.69) is 15.5 Å². The van der Waals surface area contributed by atoms with Gasteiger partial charge in [-0.05, 0) is 56.3 Å². The van der Waals surface area contributed by atoms with E-state index in [-0.39, 0.29) is 10.8 Å². The summed E-state index contributed by atoms with van der Waals surface area (Å²) in [6.07, 6.45) is 4.61. The summed E-state index contributed by atoms with van der Waals surface area (Å²) in [6, 6.07) is 11.5. The molecule has 144 valence electrons. The number of hydrogen-bond donors (Lipinski definition) is 2. The predicted octanol–water partition coefficient (Wildman–Crippen LogP) is 1.90. The summed E-state index contributed by atoms with van der Waals surface area (Å²) >= 11 is 0. The fourth-order valence-corrected chi connectivity index (χ4v) is 3.34. The van der Waals surface area contributed by atoms with Crippen LogP contribution in [0.15, 0.2) is 64.9 Å². The van der Waals surface area contributed by atoms with Crippen molar-refractivity contribution in [1.29, 1.82) is 0 Å². The van der Waals surface area contributed by atoms with E-state index < -0.39 is 10.0 Å². The van der Waals surface area contributed by atoms with E-state index in [9.17, 15) is 13.2 Å². The Hall–Kier alpha value is -3.30. The lowest BCUT2D eigenvalue weighted by Crippen LogP contribution is -2.17. The molecule has 3 N–H and O–H groups in total. The Balaban J connectivity index is 1.81. The third kappa shape index (κ3) is 4.16. The number of hydrogen-bond acceptors (Lipinski definition) is 5. The Bertz CT molecular complexity index is 1130. The minimum atomic E-state index is -3.73. The van der Waals surface area contributed by atoms with Gasteiger partial charge in [0, 0.05) is 35.0 Å². The fraction of sp³-hybridized carbons (Fsp3) is 0.105. The van der Waals surface area contributed by atoms with E-state index in [1.54, 1.807) is 36.7 Å². The van der Waals surface area contributed by atoms with Gasteiger partial charge in [-0.1, -0.05) is 0 Å².